The highest BCUT2D eigenvalue weighted by molar-refractivity contribution is 5.72. The maximum absolute atomic E-state index is 11.4. The molecule has 0 N–H and O–H groups in total. The molecule has 0 spiro atoms. The van der Waals surface area contributed by atoms with Gasteiger partial charge in [0.25, 0.3) is 0 Å². The van der Waals surface area contributed by atoms with Crippen molar-refractivity contribution in [1.82, 2.24) is 9.78 Å². The fourth-order valence-electron chi connectivity index (χ4n) is 3.91. The number of nitrogens with zero attached hydrogens (tertiary/aromatic N) is 3. The summed E-state index contributed by atoms with van der Waals surface area (Å²) in [6, 6.07) is 0. The molecule has 126 valence electrons. The van der Waals surface area contributed by atoms with Crippen LogP contribution < -0.4 is 0 Å². The maximum Gasteiger partial charge on any atom is 0.123 e. The van der Waals surface area contributed by atoms with Gasteiger partial charge in [-0.1, -0.05) is 32.4 Å². The van der Waals surface area contributed by atoms with Crippen molar-refractivity contribution in [3.8, 4) is 0 Å². The fraction of sp³-hybridized carbons (Fsp3) is 0.450. The van der Waals surface area contributed by atoms with Gasteiger partial charge in [-0.25, -0.2) is 4.68 Å². The molecule has 4 heteroatoms. The van der Waals surface area contributed by atoms with Crippen molar-refractivity contribution in [3.63, 3.8) is 0 Å². The Hall–Kier alpha value is -2.23. The standard InChI is InChI=1S/C18H19N3O.C2H6/c1-18-9-13-10-20-21(16-4-2-3-7-19-11-16)17(13)8-14(18)5-6-15(18)12-22;1-2/h2,4,7-8,10-12,15H,3,5-6,9H2,1H3;1-2H3/t15?,18-;/m0./s1. The van der Waals surface area contributed by atoms with Crippen LogP contribution >= 0.6 is 0 Å². The fourth-order valence-corrected chi connectivity index (χ4v) is 3.91. The van der Waals surface area contributed by atoms with Gasteiger partial charge in [0.2, 0.25) is 0 Å². The first-order chi connectivity index (χ1) is 11.7. The van der Waals surface area contributed by atoms with Crippen LogP contribution in [0.3, 0.4) is 0 Å². The molecule has 1 unspecified atom stereocenters. The third-order valence-electron chi connectivity index (χ3n) is 5.28. The van der Waals surface area contributed by atoms with E-state index in [1.807, 2.05) is 37.1 Å². The van der Waals surface area contributed by atoms with Gasteiger partial charge < -0.3 is 4.79 Å². The van der Waals surface area contributed by atoms with E-state index in [4.69, 9.17) is 0 Å². The average molecular weight is 323 g/mol. The maximum atomic E-state index is 11.4. The third-order valence-corrected chi connectivity index (χ3v) is 5.28. The first-order valence-corrected chi connectivity index (χ1v) is 8.84. The normalized spacial score (nSPS) is 27.2. The number of aldehydes is 1. The van der Waals surface area contributed by atoms with Crippen LogP contribution in [0.25, 0.3) is 11.8 Å². The number of hydrogen-bond acceptors (Lipinski definition) is 3. The number of hydrogen-bond donors (Lipinski definition) is 0. The molecule has 0 aromatic carbocycles. The van der Waals surface area contributed by atoms with Gasteiger partial charge in [-0.15, -0.1) is 0 Å². The van der Waals surface area contributed by atoms with Crippen LogP contribution in [0, 0.1) is 11.3 Å². The number of aliphatic imine (C=N–C) groups is 1. The van der Waals surface area contributed by atoms with E-state index in [9.17, 15) is 4.79 Å². The summed E-state index contributed by atoms with van der Waals surface area (Å²) in [5.74, 6) is 0.136. The summed E-state index contributed by atoms with van der Waals surface area (Å²) < 4.78 is 1.97. The number of fused-ring (bicyclic) bond motifs is 2. The highest BCUT2D eigenvalue weighted by Crippen LogP contribution is 2.52. The zero-order valence-corrected chi connectivity index (χ0v) is 14.7. The first kappa shape index (κ1) is 16.6. The molecule has 4 rings (SSSR count). The molecular formula is C20H25N3O. The lowest BCUT2D eigenvalue weighted by Crippen LogP contribution is -2.29. The minimum absolute atomic E-state index is 0.0194. The Labute approximate surface area is 143 Å². The first-order valence-electron chi connectivity index (χ1n) is 8.84. The van der Waals surface area contributed by atoms with Crippen LogP contribution in [0.15, 0.2) is 35.1 Å². The van der Waals surface area contributed by atoms with E-state index in [0.29, 0.717) is 0 Å². The molecular weight excluding hydrogens is 298 g/mol. The number of allylic oxidation sites excluding steroid dienone is 4. The second-order valence-corrected chi connectivity index (χ2v) is 6.54. The molecule has 0 amide bonds. The lowest BCUT2D eigenvalue weighted by Gasteiger charge is -2.33. The largest absolute Gasteiger partial charge is 0.303 e. The highest BCUT2D eigenvalue weighted by Gasteiger charge is 2.45. The van der Waals surface area contributed by atoms with Gasteiger partial charge in [0.1, 0.15) is 6.29 Å². The molecule has 0 radical (unpaired) electrons. The Kier molecular flexibility index (Phi) is 4.65. The molecule has 0 saturated heterocycles. The lowest BCUT2D eigenvalue weighted by atomic mass is 9.70. The van der Waals surface area contributed by atoms with E-state index in [2.05, 4.69) is 35.2 Å². The van der Waals surface area contributed by atoms with Crippen molar-refractivity contribution >= 4 is 24.3 Å². The molecule has 1 aromatic heterocycles. The van der Waals surface area contributed by atoms with Crippen LogP contribution in [-0.4, -0.2) is 22.3 Å². The van der Waals surface area contributed by atoms with Gasteiger partial charge in [0.15, 0.2) is 0 Å². The van der Waals surface area contributed by atoms with Crippen LogP contribution in [0.1, 0.15) is 51.3 Å². The highest BCUT2D eigenvalue weighted by atomic mass is 16.1. The summed E-state index contributed by atoms with van der Waals surface area (Å²) in [4.78, 5) is 15.7. The van der Waals surface area contributed by atoms with Gasteiger partial charge in [0.05, 0.1) is 23.8 Å². The van der Waals surface area contributed by atoms with E-state index in [1.54, 1.807) is 0 Å². The predicted molar refractivity (Wildman–Crippen MR) is 98.7 cm³/mol. The summed E-state index contributed by atoms with van der Waals surface area (Å²) in [6.07, 6.45) is 17.0. The second-order valence-electron chi connectivity index (χ2n) is 6.54. The zero-order valence-electron chi connectivity index (χ0n) is 14.7. The topological polar surface area (TPSA) is 47.2 Å². The van der Waals surface area contributed by atoms with Crippen LogP contribution in [0.5, 0.6) is 0 Å². The number of carbonyl (C=O) groups excluding carboxylic acids is 1. The summed E-state index contributed by atoms with van der Waals surface area (Å²) in [6.45, 7) is 6.22. The minimum Gasteiger partial charge on any atom is -0.303 e. The van der Waals surface area contributed by atoms with Crippen LogP contribution in [0.4, 0.5) is 0 Å². The van der Waals surface area contributed by atoms with E-state index in [1.165, 1.54) is 11.1 Å². The van der Waals surface area contributed by atoms with Gasteiger partial charge in [-0.05, 0) is 37.0 Å². The van der Waals surface area contributed by atoms with Crippen molar-refractivity contribution in [2.24, 2.45) is 16.3 Å². The number of carbonyl (C=O) groups is 1. The van der Waals surface area contributed by atoms with E-state index >= 15 is 0 Å². The Morgan fingerprint density at radius 1 is 1.38 bits per heavy atom. The average Bonchev–Trinajstić information content (AvgIpc) is 3.02. The van der Waals surface area contributed by atoms with Gasteiger partial charge >= 0.3 is 0 Å². The molecule has 2 atom stereocenters. The molecule has 1 fully saturated rings. The third kappa shape index (κ3) is 2.60. The second kappa shape index (κ2) is 6.71. The molecule has 2 heterocycles. The summed E-state index contributed by atoms with van der Waals surface area (Å²) in [5, 5.41) is 4.56. The van der Waals surface area contributed by atoms with Gasteiger partial charge in [-0.3, -0.25) is 4.99 Å². The van der Waals surface area contributed by atoms with E-state index in [0.717, 1.165) is 43.4 Å². The predicted octanol–water partition coefficient (Wildman–Crippen LogP) is 4.29. The number of rotatable bonds is 2. The SMILES string of the molecule is CC.C[C@]12Cc3cnn(C4=CN=CCC=C4)c3C=C1CCC2C=O. The number of aromatic nitrogens is 2. The Morgan fingerprint density at radius 2 is 2.21 bits per heavy atom. The van der Waals surface area contributed by atoms with Crippen molar-refractivity contribution < 1.29 is 4.79 Å². The summed E-state index contributed by atoms with van der Waals surface area (Å²) in [5.41, 5.74) is 4.73. The van der Waals surface area contributed by atoms with E-state index < -0.39 is 0 Å². The quantitative estimate of drug-likeness (QED) is 0.762. The van der Waals surface area contributed by atoms with Gasteiger partial charge in [-0.2, -0.15) is 5.10 Å². The summed E-state index contributed by atoms with van der Waals surface area (Å²) in [7, 11) is 0. The lowest BCUT2D eigenvalue weighted by molar-refractivity contribution is -0.113. The molecule has 1 aromatic rings. The Bertz CT molecular complexity index is 751. The molecule has 1 aliphatic heterocycles. The van der Waals surface area contributed by atoms with Crippen LogP contribution in [-0.2, 0) is 11.2 Å². The molecule has 1 saturated carbocycles. The van der Waals surface area contributed by atoms with Crippen molar-refractivity contribution in [3.05, 3.63) is 41.4 Å². The Balaban J connectivity index is 0.000000815. The zero-order chi connectivity index (χ0) is 17.2. The van der Waals surface area contributed by atoms with Crippen molar-refractivity contribution in [2.75, 3.05) is 0 Å². The van der Waals surface area contributed by atoms with Crippen molar-refractivity contribution in [2.45, 2.75) is 46.5 Å². The molecule has 0 bridgehead atoms. The Morgan fingerprint density at radius 3 is 3.00 bits per heavy atom. The van der Waals surface area contributed by atoms with E-state index in [-0.39, 0.29) is 11.3 Å². The molecule has 2 aliphatic carbocycles. The molecule has 4 nitrogen and oxygen atoms in total. The summed E-state index contributed by atoms with van der Waals surface area (Å²) >= 11 is 0. The van der Waals surface area contributed by atoms with Crippen LogP contribution in [0.2, 0.25) is 0 Å². The molecule has 3 aliphatic rings. The minimum atomic E-state index is -0.0194. The monoisotopic (exact) mass is 323 g/mol. The van der Waals surface area contributed by atoms with Crippen molar-refractivity contribution in [1.29, 1.82) is 0 Å². The smallest absolute Gasteiger partial charge is 0.123 e. The molecule has 24 heavy (non-hydrogen) atoms. The van der Waals surface area contributed by atoms with Gasteiger partial charge in [0, 0.05) is 24.0 Å².